The van der Waals surface area contributed by atoms with Crippen molar-refractivity contribution in [1.29, 1.82) is 0 Å². The molecule has 0 bridgehead atoms. The summed E-state index contributed by atoms with van der Waals surface area (Å²) in [6.07, 6.45) is 2.80. The molecule has 0 amide bonds. The van der Waals surface area contributed by atoms with Gasteiger partial charge in [0.1, 0.15) is 6.04 Å². The summed E-state index contributed by atoms with van der Waals surface area (Å²) in [4.78, 5) is 27.7. The number of hydrogen-bond donors (Lipinski definition) is 1. The normalized spacial score (nSPS) is 22.6. The molecule has 1 aliphatic rings. The molecule has 0 aliphatic carbocycles. The molecule has 0 saturated carbocycles. The van der Waals surface area contributed by atoms with Gasteiger partial charge in [-0.15, -0.1) is 0 Å². The highest BCUT2D eigenvalue weighted by Gasteiger charge is 2.35. The number of hydrogen-bond acceptors (Lipinski definition) is 5. The molecule has 1 aromatic heterocycles. The monoisotopic (exact) mass is 279 g/mol. The molecular weight excluding hydrogens is 262 g/mol. The van der Waals surface area contributed by atoms with Crippen LogP contribution < -0.4 is 4.90 Å². The summed E-state index contributed by atoms with van der Waals surface area (Å²) < 4.78 is 0. The summed E-state index contributed by atoms with van der Waals surface area (Å²) >= 11 is 0. The van der Waals surface area contributed by atoms with Gasteiger partial charge in [-0.3, -0.25) is 10.1 Å². The van der Waals surface area contributed by atoms with Crippen LogP contribution in [-0.2, 0) is 4.79 Å². The third kappa shape index (κ3) is 2.71. The average Bonchev–Trinajstić information content (AvgIpc) is 2.38. The van der Waals surface area contributed by atoms with Crippen molar-refractivity contribution >= 4 is 17.5 Å². The third-order valence-electron chi connectivity index (χ3n) is 3.60. The molecule has 1 aromatic rings. The summed E-state index contributed by atoms with van der Waals surface area (Å²) in [5, 5.41) is 20.5. The maximum atomic E-state index is 11.4. The first-order valence-corrected chi connectivity index (χ1v) is 6.50. The first kappa shape index (κ1) is 14.2. The second-order valence-electron chi connectivity index (χ2n) is 5.29. The molecule has 0 spiro atoms. The summed E-state index contributed by atoms with van der Waals surface area (Å²) in [7, 11) is 0. The van der Waals surface area contributed by atoms with Crippen LogP contribution in [0.5, 0.6) is 0 Å². The average molecular weight is 279 g/mol. The van der Waals surface area contributed by atoms with Crippen LogP contribution in [0.3, 0.4) is 0 Å². The number of aromatic nitrogens is 1. The van der Waals surface area contributed by atoms with Crippen LogP contribution in [-0.4, -0.2) is 33.6 Å². The van der Waals surface area contributed by atoms with Gasteiger partial charge in [0.2, 0.25) is 5.82 Å². The highest BCUT2D eigenvalue weighted by molar-refractivity contribution is 5.79. The van der Waals surface area contributed by atoms with Crippen LogP contribution >= 0.6 is 0 Å². The fraction of sp³-hybridized carbons (Fsp3) is 0.538. The SMILES string of the molecule is Cc1cnc(N2CCC(C)CC2C(=O)O)c([N+](=O)[O-])c1. The van der Waals surface area contributed by atoms with Crippen molar-refractivity contribution in [2.75, 3.05) is 11.4 Å². The van der Waals surface area contributed by atoms with Gasteiger partial charge in [0, 0.05) is 18.8 Å². The van der Waals surface area contributed by atoms with E-state index in [-0.39, 0.29) is 17.4 Å². The lowest BCUT2D eigenvalue weighted by atomic mass is 9.92. The Morgan fingerprint density at radius 2 is 2.30 bits per heavy atom. The lowest BCUT2D eigenvalue weighted by Crippen LogP contribution is -2.47. The zero-order valence-corrected chi connectivity index (χ0v) is 11.4. The number of pyridine rings is 1. The largest absolute Gasteiger partial charge is 0.480 e. The number of carbonyl (C=O) groups is 1. The molecule has 1 fully saturated rings. The van der Waals surface area contributed by atoms with Crippen LogP contribution in [0.1, 0.15) is 25.3 Å². The summed E-state index contributed by atoms with van der Waals surface area (Å²) in [6.45, 7) is 4.18. The highest BCUT2D eigenvalue weighted by atomic mass is 16.6. The Labute approximate surface area is 116 Å². The molecule has 0 aromatic carbocycles. The summed E-state index contributed by atoms with van der Waals surface area (Å²) in [5.74, 6) is -0.523. The number of piperidine rings is 1. The van der Waals surface area contributed by atoms with Crippen molar-refractivity contribution in [2.24, 2.45) is 5.92 Å². The fourth-order valence-electron chi connectivity index (χ4n) is 2.53. The predicted molar refractivity (Wildman–Crippen MR) is 72.8 cm³/mol. The third-order valence-corrected chi connectivity index (χ3v) is 3.60. The van der Waals surface area contributed by atoms with Crippen LogP contribution in [0.4, 0.5) is 11.5 Å². The fourth-order valence-corrected chi connectivity index (χ4v) is 2.53. The number of aliphatic carboxylic acids is 1. The molecule has 7 heteroatoms. The maximum Gasteiger partial charge on any atom is 0.326 e. The molecule has 1 N–H and O–H groups in total. The van der Waals surface area contributed by atoms with Crippen LogP contribution in [0.2, 0.25) is 0 Å². The predicted octanol–water partition coefficient (Wildman–Crippen LogP) is 1.99. The molecule has 20 heavy (non-hydrogen) atoms. The second-order valence-corrected chi connectivity index (χ2v) is 5.29. The van der Waals surface area contributed by atoms with Crippen molar-refractivity contribution in [3.63, 3.8) is 0 Å². The van der Waals surface area contributed by atoms with Gasteiger partial charge in [-0.2, -0.15) is 0 Å². The van der Waals surface area contributed by atoms with E-state index in [1.807, 2.05) is 6.92 Å². The van der Waals surface area contributed by atoms with Crippen molar-refractivity contribution < 1.29 is 14.8 Å². The molecule has 2 rings (SSSR count). The Kier molecular flexibility index (Phi) is 3.87. The summed E-state index contributed by atoms with van der Waals surface area (Å²) in [5.41, 5.74) is 0.545. The lowest BCUT2D eigenvalue weighted by molar-refractivity contribution is -0.384. The molecule has 2 heterocycles. The van der Waals surface area contributed by atoms with Crippen molar-refractivity contribution in [3.05, 3.63) is 27.9 Å². The smallest absolute Gasteiger partial charge is 0.326 e. The molecular formula is C13H17N3O4. The van der Waals surface area contributed by atoms with E-state index in [2.05, 4.69) is 4.98 Å². The quantitative estimate of drug-likeness (QED) is 0.671. The van der Waals surface area contributed by atoms with Gasteiger partial charge in [-0.1, -0.05) is 6.92 Å². The number of nitrogens with zero attached hydrogens (tertiary/aromatic N) is 3. The van der Waals surface area contributed by atoms with Gasteiger partial charge in [-0.05, 0) is 31.2 Å². The van der Waals surface area contributed by atoms with Crippen LogP contribution in [0.15, 0.2) is 12.3 Å². The van der Waals surface area contributed by atoms with Crippen molar-refractivity contribution in [2.45, 2.75) is 32.7 Å². The van der Waals surface area contributed by atoms with E-state index < -0.39 is 16.9 Å². The number of carboxylic acid groups (broad SMARTS) is 1. The van der Waals surface area contributed by atoms with Gasteiger partial charge in [0.15, 0.2) is 0 Å². The van der Waals surface area contributed by atoms with Crippen LogP contribution in [0, 0.1) is 23.0 Å². The lowest BCUT2D eigenvalue weighted by Gasteiger charge is -2.36. The molecule has 0 radical (unpaired) electrons. The Morgan fingerprint density at radius 1 is 1.60 bits per heavy atom. The minimum atomic E-state index is -0.965. The Hall–Kier alpha value is -2.18. The van der Waals surface area contributed by atoms with E-state index in [4.69, 9.17) is 0 Å². The zero-order valence-electron chi connectivity index (χ0n) is 11.4. The van der Waals surface area contributed by atoms with Crippen LogP contribution in [0.25, 0.3) is 0 Å². The minimum Gasteiger partial charge on any atom is -0.480 e. The second kappa shape index (κ2) is 5.44. The number of carboxylic acids is 1. The molecule has 1 saturated heterocycles. The summed E-state index contributed by atoms with van der Waals surface area (Å²) in [6, 6.07) is 0.673. The first-order chi connectivity index (χ1) is 9.40. The van der Waals surface area contributed by atoms with Crippen molar-refractivity contribution in [3.8, 4) is 0 Å². The zero-order chi connectivity index (χ0) is 14.9. The van der Waals surface area contributed by atoms with Gasteiger partial charge in [0.05, 0.1) is 4.92 Å². The molecule has 1 aliphatic heterocycles. The standard InChI is InChI=1S/C13H17N3O4/c1-8-3-4-15(11(5-8)13(17)18)12-10(16(19)20)6-9(2)7-14-12/h6-8,11H,3-5H2,1-2H3,(H,17,18). The highest BCUT2D eigenvalue weighted by Crippen LogP contribution is 2.33. The van der Waals surface area contributed by atoms with E-state index in [0.717, 1.165) is 6.42 Å². The van der Waals surface area contributed by atoms with Gasteiger partial charge in [-0.25, -0.2) is 9.78 Å². The molecule has 7 nitrogen and oxygen atoms in total. The van der Waals surface area contributed by atoms with E-state index in [1.54, 1.807) is 11.8 Å². The molecule has 2 unspecified atom stereocenters. The van der Waals surface area contributed by atoms with E-state index in [1.165, 1.54) is 12.3 Å². The Morgan fingerprint density at radius 3 is 2.90 bits per heavy atom. The molecule has 2 atom stereocenters. The Bertz CT molecular complexity index is 546. The number of rotatable bonds is 3. The first-order valence-electron chi connectivity index (χ1n) is 6.50. The topological polar surface area (TPSA) is 96.6 Å². The number of aryl methyl sites for hydroxylation is 1. The van der Waals surface area contributed by atoms with E-state index in [0.29, 0.717) is 18.5 Å². The van der Waals surface area contributed by atoms with E-state index >= 15 is 0 Å². The Balaban J connectivity index is 2.43. The molecule has 108 valence electrons. The number of anilines is 1. The minimum absolute atomic E-state index is 0.134. The maximum absolute atomic E-state index is 11.4. The van der Waals surface area contributed by atoms with E-state index in [9.17, 15) is 20.0 Å². The van der Waals surface area contributed by atoms with Crippen molar-refractivity contribution in [1.82, 2.24) is 4.98 Å². The van der Waals surface area contributed by atoms with Gasteiger partial charge < -0.3 is 10.0 Å². The van der Waals surface area contributed by atoms with Gasteiger partial charge in [0.25, 0.3) is 0 Å². The number of nitro groups is 1. The van der Waals surface area contributed by atoms with Gasteiger partial charge >= 0.3 is 11.7 Å².